The van der Waals surface area contributed by atoms with Crippen LogP contribution in [0.3, 0.4) is 0 Å². The van der Waals surface area contributed by atoms with E-state index in [0.29, 0.717) is 11.7 Å². The van der Waals surface area contributed by atoms with Crippen molar-refractivity contribution in [2.45, 2.75) is 45.0 Å². The van der Waals surface area contributed by atoms with E-state index in [-0.39, 0.29) is 18.0 Å². The Balaban J connectivity index is 1.29. The number of nitro benzene ring substituents is 1. The van der Waals surface area contributed by atoms with Crippen LogP contribution in [0.25, 0.3) is 0 Å². The standard InChI is InChI=1S/C18H20N4O5/c23-18(27-17-6-4-15(5-7-17)22(24)25)26-12-13-10-16-11-20(14-2-1-3-14)8-9-21(16)19-13/h4-7,10,14H,1-3,8-9,11-12H2. The molecule has 0 radical (unpaired) electrons. The maximum absolute atomic E-state index is 11.8. The molecule has 27 heavy (non-hydrogen) atoms. The van der Waals surface area contributed by atoms with E-state index in [0.717, 1.165) is 25.3 Å². The summed E-state index contributed by atoms with van der Waals surface area (Å²) in [5.41, 5.74) is 1.74. The molecule has 0 amide bonds. The molecule has 4 rings (SSSR count). The molecule has 142 valence electrons. The number of ether oxygens (including phenoxy) is 2. The molecule has 1 aromatic carbocycles. The molecule has 1 fully saturated rings. The number of hydrogen-bond donors (Lipinski definition) is 0. The van der Waals surface area contributed by atoms with Gasteiger partial charge < -0.3 is 9.47 Å². The molecular formula is C18H20N4O5. The average molecular weight is 372 g/mol. The van der Waals surface area contributed by atoms with Crippen LogP contribution >= 0.6 is 0 Å². The zero-order valence-corrected chi connectivity index (χ0v) is 14.7. The predicted molar refractivity (Wildman–Crippen MR) is 94.2 cm³/mol. The molecule has 1 aliphatic heterocycles. The van der Waals surface area contributed by atoms with Crippen LogP contribution in [-0.2, 0) is 24.4 Å². The fourth-order valence-corrected chi connectivity index (χ4v) is 3.37. The van der Waals surface area contributed by atoms with Gasteiger partial charge in [0.25, 0.3) is 5.69 Å². The third-order valence-corrected chi connectivity index (χ3v) is 5.06. The van der Waals surface area contributed by atoms with Crippen LogP contribution in [0.4, 0.5) is 10.5 Å². The van der Waals surface area contributed by atoms with E-state index >= 15 is 0 Å². The Morgan fingerprint density at radius 2 is 2.04 bits per heavy atom. The van der Waals surface area contributed by atoms with E-state index in [1.807, 2.05) is 10.7 Å². The molecule has 1 aliphatic carbocycles. The molecule has 2 aliphatic rings. The smallest absolute Gasteiger partial charge is 0.427 e. The van der Waals surface area contributed by atoms with Crippen molar-refractivity contribution in [3.63, 3.8) is 0 Å². The molecule has 2 aromatic rings. The van der Waals surface area contributed by atoms with Gasteiger partial charge in [0.1, 0.15) is 18.1 Å². The van der Waals surface area contributed by atoms with Crippen LogP contribution in [-0.4, -0.2) is 38.3 Å². The lowest BCUT2D eigenvalue weighted by Crippen LogP contribution is -2.44. The lowest BCUT2D eigenvalue weighted by molar-refractivity contribution is -0.384. The van der Waals surface area contributed by atoms with Gasteiger partial charge in [-0.25, -0.2) is 4.79 Å². The molecule has 0 unspecified atom stereocenters. The Morgan fingerprint density at radius 3 is 2.70 bits per heavy atom. The second-order valence-corrected chi connectivity index (χ2v) is 6.80. The van der Waals surface area contributed by atoms with E-state index in [1.165, 1.54) is 43.5 Å². The molecule has 1 aromatic heterocycles. The van der Waals surface area contributed by atoms with Gasteiger partial charge in [-0.1, -0.05) is 6.42 Å². The molecule has 1 saturated carbocycles. The summed E-state index contributed by atoms with van der Waals surface area (Å²) < 4.78 is 12.1. The third kappa shape index (κ3) is 3.92. The quantitative estimate of drug-likeness (QED) is 0.344. The van der Waals surface area contributed by atoms with Gasteiger partial charge in [-0.3, -0.25) is 19.7 Å². The van der Waals surface area contributed by atoms with Crippen LogP contribution in [0.1, 0.15) is 30.7 Å². The number of fused-ring (bicyclic) bond motifs is 1. The number of non-ortho nitro benzene ring substituents is 1. The van der Waals surface area contributed by atoms with Crippen molar-refractivity contribution in [1.29, 1.82) is 0 Å². The van der Waals surface area contributed by atoms with Crippen molar-refractivity contribution < 1.29 is 19.2 Å². The topological polar surface area (TPSA) is 99.7 Å². The Labute approximate surface area is 155 Å². The molecular weight excluding hydrogens is 352 g/mol. The summed E-state index contributed by atoms with van der Waals surface area (Å²) in [6.07, 6.45) is 3.00. The highest BCUT2D eigenvalue weighted by atomic mass is 16.7. The largest absolute Gasteiger partial charge is 0.514 e. The number of nitrogens with zero attached hydrogens (tertiary/aromatic N) is 4. The molecule has 9 heteroatoms. The number of nitro groups is 1. The lowest BCUT2D eigenvalue weighted by atomic mass is 9.91. The molecule has 0 N–H and O–H groups in total. The zero-order valence-electron chi connectivity index (χ0n) is 14.7. The summed E-state index contributed by atoms with van der Waals surface area (Å²) in [5.74, 6) is 0.186. The van der Waals surface area contributed by atoms with Crippen molar-refractivity contribution in [2.75, 3.05) is 6.54 Å². The van der Waals surface area contributed by atoms with Gasteiger partial charge in [0.15, 0.2) is 0 Å². The Kier molecular flexibility index (Phi) is 4.76. The van der Waals surface area contributed by atoms with Gasteiger partial charge in [0, 0.05) is 31.3 Å². The van der Waals surface area contributed by atoms with Crippen LogP contribution < -0.4 is 4.74 Å². The summed E-state index contributed by atoms with van der Waals surface area (Å²) in [4.78, 5) is 24.4. The van der Waals surface area contributed by atoms with Gasteiger partial charge >= 0.3 is 6.16 Å². The van der Waals surface area contributed by atoms with E-state index in [4.69, 9.17) is 9.47 Å². The summed E-state index contributed by atoms with van der Waals surface area (Å²) >= 11 is 0. The van der Waals surface area contributed by atoms with Crippen molar-refractivity contribution >= 4 is 11.8 Å². The summed E-state index contributed by atoms with van der Waals surface area (Å²) in [5, 5.41) is 15.1. The van der Waals surface area contributed by atoms with Gasteiger partial charge in [0.2, 0.25) is 0 Å². The van der Waals surface area contributed by atoms with E-state index < -0.39 is 11.1 Å². The molecule has 0 spiro atoms. The number of hydrogen-bond acceptors (Lipinski definition) is 7. The molecule has 9 nitrogen and oxygen atoms in total. The Morgan fingerprint density at radius 1 is 1.26 bits per heavy atom. The molecule has 0 bridgehead atoms. The number of rotatable bonds is 5. The average Bonchev–Trinajstić information content (AvgIpc) is 3.01. The number of carbonyl (C=O) groups is 1. The minimum Gasteiger partial charge on any atom is -0.427 e. The SMILES string of the molecule is O=C(OCc1cc2n(n1)CCN(C1CCC1)C2)Oc1ccc([N+](=O)[O-])cc1. The van der Waals surface area contributed by atoms with Crippen LogP contribution in [0.5, 0.6) is 5.75 Å². The van der Waals surface area contributed by atoms with Crippen LogP contribution in [0.2, 0.25) is 0 Å². The fraction of sp³-hybridized carbons (Fsp3) is 0.444. The maximum Gasteiger partial charge on any atom is 0.514 e. The van der Waals surface area contributed by atoms with Gasteiger partial charge in [-0.15, -0.1) is 0 Å². The first-order chi connectivity index (χ1) is 13.1. The highest BCUT2D eigenvalue weighted by Crippen LogP contribution is 2.28. The number of aromatic nitrogens is 2. The van der Waals surface area contributed by atoms with Crippen molar-refractivity contribution in [3.8, 4) is 5.75 Å². The first-order valence-corrected chi connectivity index (χ1v) is 8.97. The second-order valence-electron chi connectivity index (χ2n) is 6.80. The summed E-state index contributed by atoms with van der Waals surface area (Å²) in [7, 11) is 0. The monoisotopic (exact) mass is 372 g/mol. The first-order valence-electron chi connectivity index (χ1n) is 8.97. The highest BCUT2D eigenvalue weighted by molar-refractivity contribution is 5.64. The van der Waals surface area contributed by atoms with Crippen molar-refractivity contribution in [2.24, 2.45) is 0 Å². The lowest BCUT2D eigenvalue weighted by Gasteiger charge is -2.39. The van der Waals surface area contributed by atoms with E-state index in [2.05, 4.69) is 10.00 Å². The number of carbonyl (C=O) groups excluding carboxylic acids is 1. The zero-order chi connectivity index (χ0) is 18.8. The van der Waals surface area contributed by atoms with Gasteiger partial charge in [0.05, 0.1) is 17.2 Å². The first kappa shape index (κ1) is 17.5. The summed E-state index contributed by atoms with van der Waals surface area (Å²) in [6, 6.07) is 7.89. The molecule has 2 heterocycles. The van der Waals surface area contributed by atoms with E-state index in [9.17, 15) is 14.9 Å². The summed E-state index contributed by atoms with van der Waals surface area (Å²) in [6.45, 7) is 2.75. The minimum absolute atomic E-state index is 0.0231. The predicted octanol–water partition coefficient (Wildman–Crippen LogP) is 2.88. The van der Waals surface area contributed by atoms with E-state index in [1.54, 1.807) is 0 Å². The minimum atomic E-state index is -0.870. The van der Waals surface area contributed by atoms with Gasteiger partial charge in [-0.2, -0.15) is 5.10 Å². The maximum atomic E-state index is 11.8. The van der Waals surface area contributed by atoms with Crippen LogP contribution in [0.15, 0.2) is 30.3 Å². The third-order valence-electron chi connectivity index (χ3n) is 5.06. The second kappa shape index (κ2) is 7.36. The Bertz CT molecular complexity index is 844. The van der Waals surface area contributed by atoms with Crippen molar-refractivity contribution in [3.05, 3.63) is 51.8 Å². The highest BCUT2D eigenvalue weighted by Gasteiger charge is 2.28. The normalized spacial score (nSPS) is 17.0. The van der Waals surface area contributed by atoms with Crippen molar-refractivity contribution in [1.82, 2.24) is 14.7 Å². The molecule has 0 atom stereocenters. The Hall–Kier alpha value is -2.94. The molecule has 0 saturated heterocycles. The fourth-order valence-electron chi connectivity index (χ4n) is 3.37. The van der Waals surface area contributed by atoms with Crippen LogP contribution in [0, 0.1) is 10.1 Å². The number of benzene rings is 1. The van der Waals surface area contributed by atoms with Gasteiger partial charge in [-0.05, 0) is 31.0 Å².